The quantitative estimate of drug-likeness (QED) is 0.853. The maximum absolute atomic E-state index is 12.2. The van der Waals surface area contributed by atoms with Gasteiger partial charge in [0.2, 0.25) is 10.0 Å². The first kappa shape index (κ1) is 17.4. The Bertz CT molecular complexity index is 829. The largest absolute Gasteiger partial charge is 0.379 e. The van der Waals surface area contributed by atoms with Gasteiger partial charge in [-0.1, -0.05) is 11.6 Å². The van der Waals surface area contributed by atoms with Crippen molar-refractivity contribution in [2.75, 3.05) is 33.1 Å². The van der Waals surface area contributed by atoms with Crippen molar-refractivity contribution in [3.05, 3.63) is 23.1 Å². The van der Waals surface area contributed by atoms with Crippen LogP contribution in [-0.2, 0) is 14.8 Å². The zero-order chi connectivity index (χ0) is 17.5. The van der Waals surface area contributed by atoms with E-state index in [4.69, 9.17) is 16.3 Å². The number of sulfonamides is 1. The second kappa shape index (κ2) is 6.47. The lowest BCUT2D eigenvalue weighted by Gasteiger charge is -2.22. The number of H-pyrrole nitrogens is 1. The summed E-state index contributed by atoms with van der Waals surface area (Å²) in [7, 11) is -0.242. The molecule has 0 aromatic carbocycles. The Morgan fingerprint density at radius 3 is 2.83 bits per heavy atom. The van der Waals surface area contributed by atoms with Crippen LogP contribution in [0.1, 0.15) is 11.7 Å². The van der Waals surface area contributed by atoms with Crippen molar-refractivity contribution in [2.45, 2.75) is 13.0 Å². The number of aryl methyl sites for hydroxylation is 1. The summed E-state index contributed by atoms with van der Waals surface area (Å²) in [6, 6.07) is -0.134. The maximum atomic E-state index is 12.2. The van der Waals surface area contributed by atoms with E-state index in [0.717, 1.165) is 5.69 Å². The van der Waals surface area contributed by atoms with E-state index in [-0.39, 0.29) is 17.7 Å². The van der Waals surface area contributed by atoms with Crippen LogP contribution < -0.4 is 0 Å². The lowest BCUT2D eigenvalue weighted by atomic mass is 10.1. The van der Waals surface area contributed by atoms with Gasteiger partial charge >= 0.3 is 0 Å². The van der Waals surface area contributed by atoms with Gasteiger partial charge in [-0.15, -0.1) is 0 Å². The van der Waals surface area contributed by atoms with Gasteiger partial charge < -0.3 is 9.30 Å². The minimum Gasteiger partial charge on any atom is -0.379 e. The molecule has 0 amide bonds. The molecule has 3 heterocycles. The summed E-state index contributed by atoms with van der Waals surface area (Å²) >= 11 is 6.28. The average molecular weight is 374 g/mol. The number of halogens is 1. The number of aromatic amines is 1. The van der Waals surface area contributed by atoms with E-state index in [1.807, 2.05) is 17.7 Å². The number of rotatable bonds is 5. The van der Waals surface area contributed by atoms with Gasteiger partial charge in [0.1, 0.15) is 5.69 Å². The van der Waals surface area contributed by atoms with Crippen LogP contribution in [0.4, 0.5) is 0 Å². The maximum Gasteiger partial charge on any atom is 0.214 e. The zero-order valence-electron chi connectivity index (χ0n) is 13.7. The fourth-order valence-electron chi connectivity index (χ4n) is 2.80. The summed E-state index contributed by atoms with van der Waals surface area (Å²) in [5.74, 6) is 0.464. The molecular formula is C14H20ClN5O3S. The molecule has 0 bridgehead atoms. The van der Waals surface area contributed by atoms with Crippen LogP contribution in [0.3, 0.4) is 0 Å². The van der Waals surface area contributed by atoms with Crippen LogP contribution >= 0.6 is 11.6 Å². The normalized spacial score (nSPS) is 21.7. The molecule has 0 unspecified atom stereocenters. The van der Waals surface area contributed by atoms with Crippen LogP contribution in [0.25, 0.3) is 11.5 Å². The number of ether oxygens (including phenoxy) is 1. The van der Waals surface area contributed by atoms with Crippen LogP contribution in [0.2, 0.25) is 5.02 Å². The molecule has 8 nitrogen and oxygen atoms in total. The predicted molar refractivity (Wildman–Crippen MR) is 90.4 cm³/mol. The highest BCUT2D eigenvalue weighted by Crippen LogP contribution is 2.33. The monoisotopic (exact) mass is 373 g/mol. The van der Waals surface area contributed by atoms with Crippen molar-refractivity contribution < 1.29 is 13.2 Å². The van der Waals surface area contributed by atoms with E-state index in [1.165, 1.54) is 18.4 Å². The summed E-state index contributed by atoms with van der Waals surface area (Å²) in [6.45, 7) is 2.65. The molecule has 132 valence electrons. The van der Waals surface area contributed by atoms with Gasteiger partial charge in [-0.3, -0.25) is 5.10 Å². The molecule has 0 aliphatic carbocycles. The first-order valence-corrected chi connectivity index (χ1v) is 9.51. The van der Waals surface area contributed by atoms with E-state index in [9.17, 15) is 8.42 Å². The molecule has 2 aromatic heterocycles. The third-order valence-corrected chi connectivity index (χ3v) is 6.68. The fourth-order valence-corrected chi connectivity index (χ4v) is 4.13. The third kappa shape index (κ3) is 3.08. The van der Waals surface area contributed by atoms with Gasteiger partial charge in [0, 0.05) is 32.4 Å². The number of nitrogens with one attached hydrogen (secondary N) is 1. The van der Waals surface area contributed by atoms with Gasteiger partial charge in [0.25, 0.3) is 0 Å². The smallest absolute Gasteiger partial charge is 0.214 e. The van der Waals surface area contributed by atoms with Crippen molar-refractivity contribution in [3.63, 3.8) is 0 Å². The van der Waals surface area contributed by atoms with E-state index in [1.54, 1.807) is 6.20 Å². The first-order chi connectivity index (χ1) is 11.3. The van der Waals surface area contributed by atoms with E-state index in [2.05, 4.69) is 15.2 Å². The average Bonchev–Trinajstić information content (AvgIpc) is 3.20. The molecular weight excluding hydrogens is 354 g/mol. The number of aromatic nitrogens is 4. The Hall–Kier alpha value is -1.42. The number of hydrogen-bond donors (Lipinski definition) is 1. The van der Waals surface area contributed by atoms with Crippen molar-refractivity contribution in [2.24, 2.45) is 5.92 Å². The van der Waals surface area contributed by atoms with Crippen LogP contribution in [0.15, 0.2) is 12.4 Å². The molecule has 1 aliphatic rings. The van der Waals surface area contributed by atoms with Crippen LogP contribution in [-0.4, -0.2) is 65.5 Å². The topological polar surface area (TPSA) is 93.1 Å². The summed E-state index contributed by atoms with van der Waals surface area (Å²) in [5, 5.41) is 7.56. The van der Waals surface area contributed by atoms with Gasteiger partial charge in [-0.25, -0.2) is 17.7 Å². The molecule has 1 saturated heterocycles. The van der Waals surface area contributed by atoms with Gasteiger partial charge in [-0.2, -0.15) is 5.10 Å². The van der Waals surface area contributed by atoms with Crippen LogP contribution in [0, 0.1) is 12.8 Å². The Morgan fingerprint density at radius 2 is 2.21 bits per heavy atom. The van der Waals surface area contributed by atoms with Crippen molar-refractivity contribution >= 4 is 21.6 Å². The standard InChI is InChI=1S/C14H20ClN5O3S/c1-9-12(15)13(18-17-9)14-16-4-5-20(14)11-7-23-6-10(11)8-24(21,22)19(2)3/h4-5,10-11H,6-8H2,1-3H3,(H,17,18)/t10-,11+/m0/s1. The highest BCUT2D eigenvalue weighted by molar-refractivity contribution is 7.89. The predicted octanol–water partition coefficient (Wildman–Crippen LogP) is 1.31. The van der Waals surface area contributed by atoms with Gasteiger partial charge in [-0.05, 0) is 6.92 Å². The Kier molecular flexibility index (Phi) is 4.69. The third-order valence-electron chi connectivity index (χ3n) is 4.26. The highest BCUT2D eigenvalue weighted by Gasteiger charge is 2.35. The van der Waals surface area contributed by atoms with Gasteiger partial charge in [0.05, 0.1) is 35.7 Å². The summed E-state index contributed by atoms with van der Waals surface area (Å²) in [4.78, 5) is 4.35. The molecule has 10 heteroatoms. The van der Waals surface area contributed by atoms with Crippen LogP contribution in [0.5, 0.6) is 0 Å². The lowest BCUT2D eigenvalue weighted by molar-refractivity contribution is 0.182. The van der Waals surface area contributed by atoms with Gasteiger partial charge in [0.15, 0.2) is 5.82 Å². The molecule has 0 spiro atoms. The van der Waals surface area contributed by atoms with Crippen molar-refractivity contribution in [1.82, 2.24) is 24.1 Å². The first-order valence-electron chi connectivity index (χ1n) is 7.53. The molecule has 0 saturated carbocycles. The molecule has 2 atom stereocenters. The highest BCUT2D eigenvalue weighted by atomic mass is 35.5. The molecule has 2 aromatic rings. The minimum atomic E-state index is -3.32. The minimum absolute atomic E-state index is 0.0234. The Balaban J connectivity index is 1.92. The van der Waals surface area contributed by atoms with Crippen molar-refractivity contribution in [1.29, 1.82) is 0 Å². The lowest BCUT2D eigenvalue weighted by Crippen LogP contribution is -2.32. The summed E-state index contributed by atoms with van der Waals surface area (Å²) < 4.78 is 33.1. The number of nitrogens with zero attached hydrogens (tertiary/aromatic N) is 4. The van der Waals surface area contributed by atoms with Crippen molar-refractivity contribution in [3.8, 4) is 11.5 Å². The second-order valence-electron chi connectivity index (χ2n) is 6.10. The van der Waals surface area contributed by atoms with E-state index >= 15 is 0 Å². The Labute approximate surface area is 145 Å². The number of hydrogen-bond acceptors (Lipinski definition) is 5. The molecule has 1 fully saturated rings. The molecule has 24 heavy (non-hydrogen) atoms. The van der Waals surface area contributed by atoms with E-state index < -0.39 is 10.0 Å². The number of imidazole rings is 1. The molecule has 0 radical (unpaired) electrons. The zero-order valence-corrected chi connectivity index (χ0v) is 15.3. The molecule has 3 rings (SSSR count). The molecule has 1 aliphatic heterocycles. The second-order valence-corrected chi connectivity index (χ2v) is 8.70. The SMILES string of the molecule is Cc1[nH]nc(-c2nccn2[C@@H]2COC[C@H]2CS(=O)(=O)N(C)C)c1Cl. The van der Waals surface area contributed by atoms with E-state index in [0.29, 0.717) is 29.8 Å². The Morgan fingerprint density at radius 1 is 1.46 bits per heavy atom. The molecule has 1 N–H and O–H groups in total. The fraction of sp³-hybridized carbons (Fsp3) is 0.571. The summed E-state index contributed by atoms with van der Waals surface area (Å²) in [6.07, 6.45) is 3.47. The summed E-state index contributed by atoms with van der Waals surface area (Å²) in [5.41, 5.74) is 1.32.